The predicted molar refractivity (Wildman–Crippen MR) is 93.2 cm³/mol. The van der Waals surface area contributed by atoms with Crippen LogP contribution in [0.25, 0.3) is 5.69 Å². The highest BCUT2D eigenvalue weighted by molar-refractivity contribution is 5.99. The number of carbonyl (C=O) groups is 2. The average Bonchev–Trinajstić information content (AvgIpc) is 3.08. The van der Waals surface area contributed by atoms with Gasteiger partial charge in [0, 0.05) is 5.56 Å². The third-order valence-corrected chi connectivity index (χ3v) is 3.57. The number of rotatable bonds is 4. The molecule has 2 amide bonds. The Morgan fingerprint density at radius 3 is 2.31 bits per heavy atom. The van der Waals surface area contributed by atoms with Gasteiger partial charge < -0.3 is 9.84 Å². The first kappa shape index (κ1) is 17.0. The highest BCUT2D eigenvalue weighted by Crippen LogP contribution is 2.17. The number of methoxy groups -OCH3 is 1. The van der Waals surface area contributed by atoms with Crippen molar-refractivity contribution in [3.8, 4) is 17.2 Å². The van der Waals surface area contributed by atoms with E-state index in [0.717, 1.165) is 0 Å². The Bertz CT molecular complexity index is 920. The lowest BCUT2D eigenvalue weighted by atomic mass is 10.2. The Kier molecular flexibility index (Phi) is 4.84. The van der Waals surface area contributed by atoms with Gasteiger partial charge in [0.25, 0.3) is 11.8 Å². The maximum Gasteiger partial charge on any atom is 0.294 e. The van der Waals surface area contributed by atoms with Crippen LogP contribution in [0.5, 0.6) is 11.5 Å². The SMILES string of the molecule is COc1ccc(C(=O)NNC(=O)c2nn(-c3ccccc3)cc2O)cc1. The van der Waals surface area contributed by atoms with E-state index >= 15 is 0 Å². The second kappa shape index (κ2) is 7.39. The molecule has 8 nitrogen and oxygen atoms in total. The lowest BCUT2D eigenvalue weighted by Gasteiger charge is -2.07. The molecule has 0 atom stereocenters. The maximum atomic E-state index is 12.2. The van der Waals surface area contributed by atoms with Gasteiger partial charge in [0.15, 0.2) is 11.4 Å². The number of nitrogens with zero attached hydrogens (tertiary/aromatic N) is 2. The normalized spacial score (nSPS) is 10.2. The fourth-order valence-corrected chi connectivity index (χ4v) is 2.23. The van der Waals surface area contributed by atoms with E-state index in [-0.39, 0.29) is 11.4 Å². The molecule has 0 fully saturated rings. The molecule has 3 N–H and O–H groups in total. The largest absolute Gasteiger partial charge is 0.504 e. The first-order chi connectivity index (χ1) is 12.6. The number of para-hydroxylation sites is 1. The minimum Gasteiger partial charge on any atom is -0.504 e. The van der Waals surface area contributed by atoms with Crippen molar-refractivity contribution in [2.24, 2.45) is 0 Å². The number of aromatic hydroxyl groups is 1. The van der Waals surface area contributed by atoms with Gasteiger partial charge in [-0.1, -0.05) is 18.2 Å². The minimum atomic E-state index is -0.737. The molecule has 0 saturated heterocycles. The summed E-state index contributed by atoms with van der Waals surface area (Å²) in [6.07, 6.45) is 1.32. The monoisotopic (exact) mass is 352 g/mol. The third-order valence-electron chi connectivity index (χ3n) is 3.57. The molecule has 0 spiro atoms. The summed E-state index contributed by atoms with van der Waals surface area (Å²) >= 11 is 0. The lowest BCUT2D eigenvalue weighted by Crippen LogP contribution is -2.41. The first-order valence-electron chi connectivity index (χ1n) is 7.67. The molecule has 0 saturated carbocycles. The number of hydrogen-bond donors (Lipinski definition) is 3. The van der Waals surface area contributed by atoms with Gasteiger partial charge in [0.05, 0.1) is 19.0 Å². The van der Waals surface area contributed by atoms with Gasteiger partial charge in [-0.3, -0.25) is 20.4 Å². The Balaban J connectivity index is 1.66. The van der Waals surface area contributed by atoms with Crippen LogP contribution >= 0.6 is 0 Å². The molecule has 3 rings (SSSR count). The number of nitrogens with one attached hydrogen (secondary N) is 2. The fourth-order valence-electron chi connectivity index (χ4n) is 2.23. The van der Waals surface area contributed by atoms with Crippen LogP contribution in [0, 0.1) is 0 Å². The summed E-state index contributed by atoms with van der Waals surface area (Å²) in [5, 5.41) is 14.0. The van der Waals surface area contributed by atoms with Crippen LogP contribution in [0.3, 0.4) is 0 Å². The summed E-state index contributed by atoms with van der Waals surface area (Å²) in [4.78, 5) is 24.2. The zero-order valence-electron chi connectivity index (χ0n) is 13.8. The molecule has 0 bridgehead atoms. The molecular weight excluding hydrogens is 336 g/mol. The summed E-state index contributed by atoms with van der Waals surface area (Å²) in [6, 6.07) is 15.4. The van der Waals surface area contributed by atoms with Gasteiger partial charge in [-0.05, 0) is 36.4 Å². The van der Waals surface area contributed by atoms with E-state index in [0.29, 0.717) is 17.0 Å². The summed E-state index contributed by atoms with van der Waals surface area (Å²) in [5.74, 6) is -0.936. The number of ether oxygens (including phenoxy) is 1. The Labute approximate surface area is 149 Å². The van der Waals surface area contributed by atoms with Gasteiger partial charge in [-0.15, -0.1) is 0 Å². The standard InChI is InChI=1S/C18H16N4O4/c1-26-14-9-7-12(8-10-14)17(24)19-20-18(25)16-15(23)11-22(21-16)13-5-3-2-4-6-13/h2-11,23H,1H3,(H,19,24)(H,20,25). The molecule has 0 aliphatic carbocycles. The van der Waals surface area contributed by atoms with Crippen molar-refractivity contribution in [2.75, 3.05) is 7.11 Å². The van der Waals surface area contributed by atoms with Crippen molar-refractivity contribution < 1.29 is 19.4 Å². The van der Waals surface area contributed by atoms with E-state index in [1.807, 2.05) is 18.2 Å². The molecule has 1 heterocycles. The summed E-state index contributed by atoms with van der Waals surface area (Å²) in [7, 11) is 1.52. The van der Waals surface area contributed by atoms with Gasteiger partial charge in [-0.25, -0.2) is 4.68 Å². The van der Waals surface area contributed by atoms with Crippen LogP contribution < -0.4 is 15.6 Å². The summed E-state index contributed by atoms with van der Waals surface area (Å²) in [5.41, 5.74) is 5.31. The molecule has 1 aromatic heterocycles. The summed E-state index contributed by atoms with van der Waals surface area (Å²) < 4.78 is 6.39. The fraction of sp³-hybridized carbons (Fsp3) is 0.0556. The molecule has 0 aliphatic rings. The molecule has 132 valence electrons. The molecular formula is C18H16N4O4. The van der Waals surface area contributed by atoms with Gasteiger partial charge in [0.1, 0.15) is 5.75 Å². The second-order valence-corrected chi connectivity index (χ2v) is 5.28. The summed E-state index contributed by atoms with van der Waals surface area (Å²) in [6.45, 7) is 0. The third kappa shape index (κ3) is 3.64. The van der Waals surface area contributed by atoms with Crippen LogP contribution in [0.15, 0.2) is 60.8 Å². The van der Waals surface area contributed by atoms with Crippen molar-refractivity contribution in [1.29, 1.82) is 0 Å². The number of carbonyl (C=O) groups excluding carboxylic acids is 2. The number of benzene rings is 2. The van der Waals surface area contributed by atoms with E-state index in [9.17, 15) is 14.7 Å². The molecule has 3 aromatic rings. The van der Waals surface area contributed by atoms with Crippen molar-refractivity contribution >= 4 is 11.8 Å². The molecule has 26 heavy (non-hydrogen) atoms. The molecule has 8 heteroatoms. The lowest BCUT2D eigenvalue weighted by molar-refractivity contribution is 0.0842. The van der Waals surface area contributed by atoms with E-state index < -0.39 is 11.8 Å². The average molecular weight is 352 g/mol. The number of amides is 2. The smallest absolute Gasteiger partial charge is 0.294 e. The van der Waals surface area contributed by atoms with Crippen molar-refractivity contribution in [2.45, 2.75) is 0 Å². The predicted octanol–water partition coefficient (Wildman–Crippen LogP) is 1.66. The van der Waals surface area contributed by atoms with E-state index in [1.54, 1.807) is 36.4 Å². The molecule has 0 aliphatic heterocycles. The molecule has 0 unspecified atom stereocenters. The van der Waals surface area contributed by atoms with Gasteiger partial charge in [0.2, 0.25) is 0 Å². The number of aromatic nitrogens is 2. The zero-order valence-corrected chi connectivity index (χ0v) is 13.8. The maximum absolute atomic E-state index is 12.2. The second-order valence-electron chi connectivity index (χ2n) is 5.28. The van der Waals surface area contributed by atoms with Crippen LogP contribution in [-0.4, -0.2) is 33.8 Å². The van der Waals surface area contributed by atoms with Crippen LogP contribution in [-0.2, 0) is 0 Å². The number of hydrazine groups is 1. The Morgan fingerprint density at radius 1 is 1.00 bits per heavy atom. The molecule has 2 aromatic carbocycles. The van der Waals surface area contributed by atoms with E-state index in [2.05, 4.69) is 16.0 Å². The first-order valence-corrected chi connectivity index (χ1v) is 7.67. The Morgan fingerprint density at radius 2 is 1.65 bits per heavy atom. The highest BCUT2D eigenvalue weighted by Gasteiger charge is 2.18. The van der Waals surface area contributed by atoms with Gasteiger partial charge >= 0.3 is 0 Å². The number of hydrogen-bond acceptors (Lipinski definition) is 5. The highest BCUT2D eigenvalue weighted by atomic mass is 16.5. The Hall–Kier alpha value is -3.81. The van der Waals surface area contributed by atoms with E-state index in [1.165, 1.54) is 18.0 Å². The topological polar surface area (TPSA) is 105 Å². The van der Waals surface area contributed by atoms with E-state index in [4.69, 9.17) is 4.74 Å². The van der Waals surface area contributed by atoms with Crippen molar-refractivity contribution in [3.05, 3.63) is 72.1 Å². The minimum absolute atomic E-state index is 0.205. The van der Waals surface area contributed by atoms with Gasteiger partial charge in [-0.2, -0.15) is 5.10 Å². The van der Waals surface area contributed by atoms with Crippen LogP contribution in [0.1, 0.15) is 20.8 Å². The van der Waals surface area contributed by atoms with Crippen LogP contribution in [0.4, 0.5) is 0 Å². The van der Waals surface area contributed by atoms with Crippen LogP contribution in [0.2, 0.25) is 0 Å². The molecule has 0 radical (unpaired) electrons. The van der Waals surface area contributed by atoms with Crippen molar-refractivity contribution in [3.63, 3.8) is 0 Å². The quantitative estimate of drug-likeness (QED) is 0.619. The van der Waals surface area contributed by atoms with Crippen molar-refractivity contribution in [1.82, 2.24) is 20.6 Å². The zero-order chi connectivity index (χ0) is 18.5.